The molecule has 0 saturated heterocycles. The predicted octanol–water partition coefficient (Wildman–Crippen LogP) is 3.86. The van der Waals surface area contributed by atoms with Crippen molar-refractivity contribution < 1.29 is 27.9 Å². The van der Waals surface area contributed by atoms with Crippen molar-refractivity contribution in [1.29, 1.82) is 5.26 Å². The quantitative estimate of drug-likeness (QED) is 0.544. The van der Waals surface area contributed by atoms with Crippen molar-refractivity contribution in [2.24, 2.45) is 0 Å². The standard InChI is InChI=1S/C18H12F3N3O3/c19-18(20,21)14-6-1-2-7-15(14)24-16(25)12(9-22)10-23-13-5-3-4-11(8-13)17(26)27/h1-8,10,23H,(H,24,25)(H,26,27)/b12-10-. The highest BCUT2D eigenvalue weighted by molar-refractivity contribution is 6.07. The number of anilines is 2. The third kappa shape index (κ3) is 5.09. The Morgan fingerprint density at radius 1 is 1.11 bits per heavy atom. The van der Waals surface area contributed by atoms with Crippen LogP contribution in [-0.4, -0.2) is 17.0 Å². The number of amides is 1. The number of carboxylic acids is 1. The normalized spacial score (nSPS) is 11.4. The smallest absolute Gasteiger partial charge is 0.418 e. The van der Waals surface area contributed by atoms with Crippen molar-refractivity contribution >= 4 is 23.3 Å². The number of aromatic carboxylic acids is 1. The number of halogens is 3. The molecule has 0 spiro atoms. The molecule has 2 rings (SSSR count). The first-order valence-corrected chi connectivity index (χ1v) is 7.40. The Hall–Kier alpha value is -3.80. The Morgan fingerprint density at radius 2 is 1.81 bits per heavy atom. The lowest BCUT2D eigenvalue weighted by atomic mass is 10.1. The van der Waals surface area contributed by atoms with Gasteiger partial charge in [-0.15, -0.1) is 0 Å². The molecular formula is C18H12F3N3O3. The van der Waals surface area contributed by atoms with Crippen LogP contribution in [-0.2, 0) is 11.0 Å². The molecule has 0 atom stereocenters. The van der Waals surface area contributed by atoms with Gasteiger partial charge < -0.3 is 15.7 Å². The van der Waals surface area contributed by atoms with Crippen LogP contribution in [0, 0.1) is 11.3 Å². The van der Waals surface area contributed by atoms with Crippen LogP contribution in [0.15, 0.2) is 60.3 Å². The lowest BCUT2D eigenvalue weighted by Crippen LogP contribution is -2.18. The molecule has 27 heavy (non-hydrogen) atoms. The van der Waals surface area contributed by atoms with Crippen LogP contribution in [0.25, 0.3) is 0 Å². The van der Waals surface area contributed by atoms with Crippen LogP contribution >= 0.6 is 0 Å². The summed E-state index contributed by atoms with van der Waals surface area (Å²) >= 11 is 0. The lowest BCUT2D eigenvalue weighted by molar-refractivity contribution is -0.137. The Bertz CT molecular complexity index is 947. The van der Waals surface area contributed by atoms with Gasteiger partial charge in [0.2, 0.25) is 0 Å². The van der Waals surface area contributed by atoms with E-state index in [-0.39, 0.29) is 11.3 Å². The average Bonchev–Trinajstić information content (AvgIpc) is 2.62. The number of hydrogen-bond acceptors (Lipinski definition) is 4. The molecule has 1 amide bonds. The van der Waals surface area contributed by atoms with Gasteiger partial charge in [-0.25, -0.2) is 4.79 Å². The van der Waals surface area contributed by atoms with Gasteiger partial charge in [-0.1, -0.05) is 18.2 Å². The fourth-order valence-electron chi connectivity index (χ4n) is 2.08. The Balaban J connectivity index is 2.20. The number of carboxylic acid groups (broad SMARTS) is 1. The highest BCUT2D eigenvalue weighted by Crippen LogP contribution is 2.34. The number of para-hydroxylation sites is 1. The number of benzene rings is 2. The maximum atomic E-state index is 13.0. The molecule has 0 saturated carbocycles. The Labute approximate surface area is 151 Å². The van der Waals surface area contributed by atoms with Gasteiger partial charge in [0.25, 0.3) is 5.91 Å². The number of rotatable bonds is 5. The van der Waals surface area contributed by atoms with Crippen molar-refractivity contribution in [1.82, 2.24) is 0 Å². The number of nitriles is 1. The SMILES string of the molecule is N#C/C(=C/Nc1cccc(C(=O)O)c1)C(=O)Nc1ccccc1C(F)(F)F. The zero-order valence-corrected chi connectivity index (χ0v) is 13.5. The maximum absolute atomic E-state index is 13.0. The summed E-state index contributed by atoms with van der Waals surface area (Å²) in [5, 5.41) is 22.6. The van der Waals surface area contributed by atoms with E-state index >= 15 is 0 Å². The molecule has 6 nitrogen and oxygen atoms in total. The number of nitrogens with one attached hydrogen (secondary N) is 2. The van der Waals surface area contributed by atoms with Crippen molar-refractivity contribution in [3.8, 4) is 6.07 Å². The topological polar surface area (TPSA) is 102 Å². The summed E-state index contributed by atoms with van der Waals surface area (Å²) in [6.45, 7) is 0. The zero-order chi connectivity index (χ0) is 20.0. The summed E-state index contributed by atoms with van der Waals surface area (Å²) < 4.78 is 38.9. The van der Waals surface area contributed by atoms with Gasteiger partial charge in [0.15, 0.2) is 0 Å². The number of hydrogen-bond donors (Lipinski definition) is 3. The molecule has 0 bridgehead atoms. The number of carbonyl (C=O) groups excluding carboxylic acids is 1. The van der Waals surface area contributed by atoms with Crippen molar-refractivity contribution in [2.45, 2.75) is 6.18 Å². The molecule has 0 heterocycles. The second-order valence-electron chi connectivity index (χ2n) is 5.20. The molecule has 0 radical (unpaired) electrons. The van der Waals surface area contributed by atoms with E-state index in [4.69, 9.17) is 10.4 Å². The van der Waals surface area contributed by atoms with Crippen LogP contribution in [0.1, 0.15) is 15.9 Å². The first kappa shape index (κ1) is 19.5. The molecular weight excluding hydrogens is 363 g/mol. The second kappa shape index (κ2) is 8.05. The van der Waals surface area contributed by atoms with Gasteiger partial charge >= 0.3 is 12.1 Å². The minimum Gasteiger partial charge on any atom is -0.478 e. The first-order chi connectivity index (χ1) is 12.7. The van der Waals surface area contributed by atoms with Crippen LogP contribution in [0.2, 0.25) is 0 Å². The second-order valence-corrected chi connectivity index (χ2v) is 5.20. The van der Waals surface area contributed by atoms with Gasteiger partial charge in [0, 0.05) is 11.9 Å². The van der Waals surface area contributed by atoms with Crippen LogP contribution in [0.3, 0.4) is 0 Å². The van der Waals surface area contributed by atoms with Crippen LogP contribution < -0.4 is 10.6 Å². The summed E-state index contributed by atoms with van der Waals surface area (Å²) in [7, 11) is 0. The molecule has 2 aromatic rings. The van der Waals surface area contributed by atoms with Gasteiger partial charge in [0.1, 0.15) is 11.6 Å². The molecule has 0 unspecified atom stereocenters. The molecule has 0 aliphatic heterocycles. The van der Waals surface area contributed by atoms with Crippen LogP contribution in [0.5, 0.6) is 0 Å². The molecule has 9 heteroatoms. The number of carbonyl (C=O) groups is 2. The number of nitrogens with zero attached hydrogens (tertiary/aromatic N) is 1. The van der Waals surface area contributed by atoms with E-state index in [1.807, 2.05) is 0 Å². The summed E-state index contributed by atoms with van der Waals surface area (Å²) in [5.74, 6) is -2.21. The van der Waals surface area contributed by atoms with E-state index in [9.17, 15) is 22.8 Å². The summed E-state index contributed by atoms with van der Waals surface area (Å²) in [6, 6.07) is 11.5. The molecule has 3 N–H and O–H groups in total. The Kier molecular flexibility index (Phi) is 5.82. The first-order valence-electron chi connectivity index (χ1n) is 7.40. The highest BCUT2D eigenvalue weighted by Gasteiger charge is 2.33. The van der Waals surface area contributed by atoms with Gasteiger partial charge in [0.05, 0.1) is 16.8 Å². The maximum Gasteiger partial charge on any atom is 0.418 e. The van der Waals surface area contributed by atoms with Gasteiger partial charge in [-0.2, -0.15) is 18.4 Å². The molecule has 0 aliphatic rings. The zero-order valence-electron chi connectivity index (χ0n) is 13.5. The van der Waals surface area contributed by atoms with Crippen molar-refractivity contribution in [3.05, 3.63) is 71.4 Å². The summed E-state index contributed by atoms with van der Waals surface area (Å²) in [5.41, 5.74) is -1.75. The lowest BCUT2D eigenvalue weighted by Gasteiger charge is -2.13. The third-order valence-electron chi connectivity index (χ3n) is 3.34. The average molecular weight is 375 g/mol. The number of alkyl halides is 3. The summed E-state index contributed by atoms with van der Waals surface area (Å²) in [4.78, 5) is 23.0. The fraction of sp³-hybridized carbons (Fsp3) is 0.0556. The van der Waals surface area contributed by atoms with E-state index in [2.05, 4.69) is 10.6 Å². The van der Waals surface area contributed by atoms with Crippen molar-refractivity contribution in [2.75, 3.05) is 10.6 Å². The largest absolute Gasteiger partial charge is 0.478 e. The monoisotopic (exact) mass is 375 g/mol. The van der Waals surface area contributed by atoms with Gasteiger partial charge in [-0.05, 0) is 30.3 Å². The van der Waals surface area contributed by atoms with E-state index < -0.39 is 34.9 Å². The molecule has 0 aromatic heterocycles. The van der Waals surface area contributed by atoms with Gasteiger partial charge in [-0.3, -0.25) is 4.79 Å². The minimum atomic E-state index is -4.67. The van der Waals surface area contributed by atoms with E-state index in [0.29, 0.717) is 0 Å². The predicted molar refractivity (Wildman–Crippen MR) is 90.8 cm³/mol. The summed E-state index contributed by atoms with van der Waals surface area (Å²) in [6.07, 6.45) is -3.69. The van der Waals surface area contributed by atoms with E-state index in [0.717, 1.165) is 18.3 Å². The fourth-order valence-corrected chi connectivity index (χ4v) is 2.08. The molecule has 2 aromatic carbocycles. The minimum absolute atomic E-state index is 0.0181. The Morgan fingerprint density at radius 3 is 2.44 bits per heavy atom. The third-order valence-corrected chi connectivity index (χ3v) is 3.34. The van der Waals surface area contributed by atoms with Crippen molar-refractivity contribution in [3.63, 3.8) is 0 Å². The molecule has 0 aliphatic carbocycles. The van der Waals surface area contributed by atoms with E-state index in [1.54, 1.807) is 6.07 Å². The molecule has 138 valence electrons. The highest BCUT2D eigenvalue weighted by atomic mass is 19.4. The van der Waals surface area contributed by atoms with Crippen LogP contribution in [0.4, 0.5) is 24.5 Å². The molecule has 0 fully saturated rings. The van der Waals surface area contributed by atoms with E-state index in [1.165, 1.54) is 36.4 Å².